The molecule has 11 heteroatoms. The predicted octanol–water partition coefficient (Wildman–Crippen LogP) is 4.35. The number of sulfonamides is 1. The quantitative estimate of drug-likeness (QED) is 0.518. The topological polar surface area (TPSA) is 86.8 Å². The normalized spacial score (nSPS) is 12.4. The summed E-state index contributed by atoms with van der Waals surface area (Å²) >= 11 is 18.0. The van der Waals surface area contributed by atoms with Crippen molar-refractivity contribution in [1.29, 1.82) is 0 Å². The molecule has 2 rings (SSSR count). The van der Waals surface area contributed by atoms with Gasteiger partial charge in [0, 0.05) is 27.7 Å². The molecule has 0 saturated heterocycles. The van der Waals surface area contributed by atoms with Gasteiger partial charge in [-0.05, 0) is 56.7 Å². The number of halogens is 3. The highest BCUT2D eigenvalue weighted by Gasteiger charge is 2.30. The second-order valence-electron chi connectivity index (χ2n) is 7.88. The number of hydrogen-bond acceptors (Lipinski definition) is 4. The molecule has 0 aliphatic carbocycles. The zero-order valence-electron chi connectivity index (χ0n) is 18.7. The number of amides is 2. The van der Waals surface area contributed by atoms with Crippen LogP contribution in [0.15, 0.2) is 42.5 Å². The number of carbonyl (C=O) groups is 2. The molecule has 0 saturated carbocycles. The smallest absolute Gasteiger partial charge is 0.244 e. The van der Waals surface area contributed by atoms with Crippen molar-refractivity contribution >= 4 is 62.3 Å². The summed E-state index contributed by atoms with van der Waals surface area (Å²) in [7, 11) is -3.87. The summed E-state index contributed by atoms with van der Waals surface area (Å²) in [5.74, 6) is -0.929. The van der Waals surface area contributed by atoms with Gasteiger partial charge in [0.25, 0.3) is 0 Å². The van der Waals surface area contributed by atoms with E-state index in [0.29, 0.717) is 5.02 Å². The van der Waals surface area contributed by atoms with Crippen LogP contribution in [0.1, 0.15) is 26.3 Å². The Morgan fingerprint density at radius 1 is 0.939 bits per heavy atom. The maximum absolute atomic E-state index is 13.4. The van der Waals surface area contributed by atoms with Crippen LogP contribution in [0.5, 0.6) is 0 Å². The lowest BCUT2D eigenvalue weighted by Crippen LogP contribution is -2.52. The Kier molecular flexibility index (Phi) is 9.43. The highest BCUT2D eigenvalue weighted by Crippen LogP contribution is 2.27. The highest BCUT2D eigenvalue weighted by molar-refractivity contribution is 7.92. The largest absolute Gasteiger partial charge is 0.352 e. The minimum atomic E-state index is -3.87. The molecule has 1 N–H and O–H groups in total. The summed E-state index contributed by atoms with van der Waals surface area (Å²) in [6.45, 7) is 4.75. The Balaban J connectivity index is 2.41. The van der Waals surface area contributed by atoms with Crippen LogP contribution < -0.4 is 9.62 Å². The molecule has 33 heavy (non-hydrogen) atoms. The second kappa shape index (κ2) is 11.4. The molecule has 0 bridgehead atoms. The zero-order chi connectivity index (χ0) is 24.9. The van der Waals surface area contributed by atoms with Gasteiger partial charge in [0.2, 0.25) is 21.8 Å². The van der Waals surface area contributed by atoms with Crippen LogP contribution in [0.4, 0.5) is 5.69 Å². The van der Waals surface area contributed by atoms with Crippen molar-refractivity contribution < 1.29 is 18.0 Å². The van der Waals surface area contributed by atoms with Crippen LogP contribution in [0.2, 0.25) is 15.1 Å². The summed E-state index contributed by atoms with van der Waals surface area (Å²) in [5.41, 5.74) is 0.878. The first-order valence-corrected chi connectivity index (χ1v) is 13.0. The van der Waals surface area contributed by atoms with Crippen LogP contribution in [0.3, 0.4) is 0 Å². The molecule has 0 unspecified atom stereocenters. The van der Waals surface area contributed by atoms with E-state index in [4.69, 9.17) is 34.8 Å². The summed E-state index contributed by atoms with van der Waals surface area (Å²) in [6.07, 6.45) is 0.980. The van der Waals surface area contributed by atoms with Gasteiger partial charge in [-0.3, -0.25) is 13.9 Å². The van der Waals surface area contributed by atoms with Crippen molar-refractivity contribution in [3.05, 3.63) is 63.1 Å². The maximum Gasteiger partial charge on any atom is 0.244 e. The van der Waals surface area contributed by atoms with E-state index in [1.54, 1.807) is 31.2 Å². The van der Waals surface area contributed by atoms with Crippen LogP contribution >= 0.6 is 34.8 Å². The summed E-state index contributed by atoms with van der Waals surface area (Å²) in [5, 5.41) is 3.76. The summed E-state index contributed by atoms with van der Waals surface area (Å²) < 4.78 is 26.0. The van der Waals surface area contributed by atoms with Gasteiger partial charge in [-0.2, -0.15) is 0 Å². The minimum Gasteiger partial charge on any atom is -0.352 e. The Hall–Kier alpha value is -2.00. The zero-order valence-corrected chi connectivity index (χ0v) is 21.8. The van der Waals surface area contributed by atoms with Gasteiger partial charge in [0.15, 0.2) is 0 Å². The van der Waals surface area contributed by atoms with E-state index in [1.807, 2.05) is 13.8 Å². The molecule has 0 radical (unpaired) electrons. The van der Waals surface area contributed by atoms with Crippen LogP contribution in [-0.4, -0.2) is 50.0 Å². The Morgan fingerprint density at radius 3 is 1.97 bits per heavy atom. The van der Waals surface area contributed by atoms with E-state index >= 15 is 0 Å². The molecular formula is C22H26Cl3N3O4S. The van der Waals surface area contributed by atoms with E-state index in [2.05, 4.69) is 5.32 Å². The molecule has 1 atom stereocenters. The van der Waals surface area contributed by atoms with Crippen molar-refractivity contribution in [2.24, 2.45) is 0 Å². The molecule has 2 aromatic rings. The van der Waals surface area contributed by atoms with E-state index in [-0.39, 0.29) is 34.2 Å². The molecule has 0 spiro atoms. The number of carbonyl (C=O) groups excluding carboxylic acids is 2. The van der Waals surface area contributed by atoms with Crippen LogP contribution in [0.25, 0.3) is 0 Å². The summed E-state index contributed by atoms with van der Waals surface area (Å²) in [4.78, 5) is 27.4. The molecule has 0 aliphatic heterocycles. The Labute approximate surface area is 209 Å². The SMILES string of the molecule is CC(C)NC(=O)[C@@H](C)N(Cc1ccc(Cl)cc1)C(=O)CN(c1cc(Cl)cc(Cl)c1)S(C)(=O)=O. The van der Waals surface area contributed by atoms with Gasteiger partial charge in [-0.1, -0.05) is 46.9 Å². The van der Waals surface area contributed by atoms with Crippen LogP contribution in [0, 0.1) is 0 Å². The minimum absolute atomic E-state index is 0.0799. The van der Waals surface area contributed by atoms with Gasteiger partial charge in [0.1, 0.15) is 12.6 Å². The van der Waals surface area contributed by atoms with Crippen molar-refractivity contribution in [2.45, 2.75) is 39.4 Å². The van der Waals surface area contributed by atoms with Gasteiger partial charge < -0.3 is 10.2 Å². The van der Waals surface area contributed by atoms with E-state index in [9.17, 15) is 18.0 Å². The highest BCUT2D eigenvalue weighted by atomic mass is 35.5. The lowest BCUT2D eigenvalue weighted by Gasteiger charge is -2.32. The van der Waals surface area contributed by atoms with E-state index in [1.165, 1.54) is 23.1 Å². The third-order valence-corrected chi connectivity index (χ3v) is 6.51. The number of rotatable bonds is 9. The van der Waals surface area contributed by atoms with Crippen molar-refractivity contribution in [3.63, 3.8) is 0 Å². The maximum atomic E-state index is 13.4. The third-order valence-electron chi connectivity index (χ3n) is 4.68. The van der Waals surface area contributed by atoms with Crippen molar-refractivity contribution in [2.75, 3.05) is 17.1 Å². The lowest BCUT2D eigenvalue weighted by atomic mass is 10.1. The molecule has 0 heterocycles. The molecule has 0 aromatic heterocycles. The van der Waals surface area contributed by atoms with Gasteiger partial charge in [-0.15, -0.1) is 0 Å². The molecule has 180 valence electrons. The van der Waals surface area contributed by atoms with Crippen LogP contribution in [-0.2, 0) is 26.2 Å². The average molecular weight is 535 g/mol. The van der Waals surface area contributed by atoms with Crippen molar-refractivity contribution in [1.82, 2.24) is 10.2 Å². The van der Waals surface area contributed by atoms with Gasteiger partial charge in [-0.25, -0.2) is 8.42 Å². The molecule has 7 nitrogen and oxygen atoms in total. The fourth-order valence-electron chi connectivity index (χ4n) is 3.07. The third kappa shape index (κ3) is 8.07. The predicted molar refractivity (Wildman–Crippen MR) is 133 cm³/mol. The monoisotopic (exact) mass is 533 g/mol. The first kappa shape index (κ1) is 27.2. The fourth-order valence-corrected chi connectivity index (χ4v) is 4.55. The Morgan fingerprint density at radius 2 is 1.48 bits per heavy atom. The van der Waals surface area contributed by atoms with Gasteiger partial charge in [0.05, 0.1) is 11.9 Å². The molecule has 2 aromatic carbocycles. The van der Waals surface area contributed by atoms with E-state index < -0.39 is 28.5 Å². The number of nitrogens with zero attached hydrogens (tertiary/aromatic N) is 2. The molecule has 2 amide bonds. The average Bonchev–Trinajstić information content (AvgIpc) is 2.68. The van der Waals surface area contributed by atoms with Gasteiger partial charge >= 0.3 is 0 Å². The first-order chi connectivity index (χ1) is 15.3. The summed E-state index contributed by atoms with van der Waals surface area (Å²) in [6, 6.07) is 10.1. The molecule has 0 aliphatic rings. The lowest BCUT2D eigenvalue weighted by molar-refractivity contribution is -0.139. The first-order valence-electron chi connectivity index (χ1n) is 10.1. The second-order valence-corrected chi connectivity index (χ2v) is 11.1. The number of benzene rings is 2. The number of anilines is 1. The van der Waals surface area contributed by atoms with Crippen molar-refractivity contribution in [3.8, 4) is 0 Å². The standard InChI is InChI=1S/C22H26Cl3N3O4S/c1-14(2)26-22(30)15(3)27(12-16-5-7-17(23)8-6-16)21(29)13-28(33(4,31)32)20-10-18(24)9-19(25)11-20/h5-11,14-15H,12-13H2,1-4H3,(H,26,30)/t15-/m1/s1. The Bertz CT molecular complexity index is 1090. The van der Waals surface area contributed by atoms with E-state index in [0.717, 1.165) is 16.1 Å². The number of hydrogen-bond donors (Lipinski definition) is 1. The molecular weight excluding hydrogens is 509 g/mol. The molecule has 0 fully saturated rings. The fraction of sp³-hybridized carbons (Fsp3) is 0.364. The number of nitrogens with one attached hydrogen (secondary N) is 1.